The van der Waals surface area contributed by atoms with Crippen LogP contribution in [-0.4, -0.2) is 48.3 Å². The number of hydrogen-bond acceptors (Lipinski definition) is 5. The van der Waals surface area contributed by atoms with E-state index >= 15 is 0 Å². The number of amides is 1. The Labute approximate surface area is 149 Å². The first-order valence-corrected chi connectivity index (χ1v) is 9.78. The molecule has 3 aliphatic rings. The Balaban J connectivity index is 1.36. The van der Waals surface area contributed by atoms with Gasteiger partial charge in [-0.1, -0.05) is 12.1 Å². The van der Waals surface area contributed by atoms with E-state index in [9.17, 15) is 4.79 Å². The smallest absolute Gasteiger partial charge is 0.223 e. The highest BCUT2D eigenvalue weighted by atomic mass is 16.5. The van der Waals surface area contributed by atoms with Crippen LogP contribution in [-0.2, 0) is 22.5 Å². The number of rotatable bonds is 6. The van der Waals surface area contributed by atoms with E-state index in [1.54, 1.807) is 0 Å². The van der Waals surface area contributed by atoms with E-state index in [2.05, 4.69) is 28.4 Å². The zero-order chi connectivity index (χ0) is 17.2. The number of aromatic nitrogens is 1. The quantitative estimate of drug-likeness (QED) is 0.852. The fraction of sp³-hybridized carbons (Fsp3) is 0.789. The van der Waals surface area contributed by atoms with Crippen LogP contribution in [0.3, 0.4) is 0 Å². The number of carbonyl (C=O) groups excluding carboxylic acids is 1. The van der Waals surface area contributed by atoms with Crippen molar-refractivity contribution in [2.75, 3.05) is 26.3 Å². The second-order valence-electron chi connectivity index (χ2n) is 7.84. The van der Waals surface area contributed by atoms with Crippen LogP contribution < -0.4 is 5.32 Å². The van der Waals surface area contributed by atoms with Crippen LogP contribution in [0.15, 0.2) is 10.6 Å². The average Bonchev–Trinajstić information content (AvgIpc) is 3.26. The van der Waals surface area contributed by atoms with Gasteiger partial charge in [0.15, 0.2) is 5.76 Å². The van der Waals surface area contributed by atoms with Crippen LogP contribution in [0.25, 0.3) is 0 Å². The summed E-state index contributed by atoms with van der Waals surface area (Å²) in [6, 6.07) is 2.33. The Morgan fingerprint density at radius 2 is 2.08 bits per heavy atom. The van der Waals surface area contributed by atoms with Crippen molar-refractivity contribution in [3.05, 3.63) is 17.5 Å². The van der Waals surface area contributed by atoms with E-state index in [1.807, 2.05) is 0 Å². The number of ether oxygens (including phenoxy) is 1. The highest BCUT2D eigenvalue weighted by Gasteiger charge is 2.43. The molecule has 2 aliphatic heterocycles. The van der Waals surface area contributed by atoms with Gasteiger partial charge >= 0.3 is 0 Å². The third-order valence-electron chi connectivity index (χ3n) is 5.94. The molecule has 1 amide bonds. The highest BCUT2D eigenvalue weighted by molar-refractivity contribution is 5.79. The standard InChI is InChI=1S/C19H29N3O3/c1-2-15-9-16(25-21-15)10-22-11-17(13-3-4-13)18(12-22)20-19(23)14-5-7-24-8-6-14/h9,13-14,17-18H,2-8,10-12H2,1H3,(H,20,23)/t17-,18+/m1/s1. The lowest BCUT2D eigenvalue weighted by atomic mass is 9.95. The minimum absolute atomic E-state index is 0.129. The van der Waals surface area contributed by atoms with E-state index in [0.717, 1.165) is 56.3 Å². The van der Waals surface area contributed by atoms with E-state index in [4.69, 9.17) is 9.26 Å². The molecule has 1 saturated carbocycles. The molecule has 0 aromatic carbocycles. The van der Waals surface area contributed by atoms with Crippen molar-refractivity contribution < 1.29 is 14.1 Å². The summed E-state index contributed by atoms with van der Waals surface area (Å²) in [5.41, 5.74) is 1.01. The summed E-state index contributed by atoms with van der Waals surface area (Å²) in [7, 11) is 0. The summed E-state index contributed by atoms with van der Waals surface area (Å²) < 4.78 is 10.8. The van der Waals surface area contributed by atoms with Crippen molar-refractivity contribution in [1.29, 1.82) is 0 Å². The van der Waals surface area contributed by atoms with Crippen LogP contribution in [0, 0.1) is 17.8 Å². The van der Waals surface area contributed by atoms with Gasteiger partial charge in [-0.15, -0.1) is 0 Å². The van der Waals surface area contributed by atoms with Gasteiger partial charge in [-0.3, -0.25) is 9.69 Å². The van der Waals surface area contributed by atoms with Crippen LogP contribution in [0.5, 0.6) is 0 Å². The molecule has 2 saturated heterocycles. The first-order chi connectivity index (χ1) is 12.2. The zero-order valence-corrected chi connectivity index (χ0v) is 15.1. The molecule has 0 unspecified atom stereocenters. The normalized spacial score (nSPS) is 28.4. The lowest BCUT2D eigenvalue weighted by Gasteiger charge is -2.25. The molecule has 1 aromatic rings. The van der Waals surface area contributed by atoms with Crippen molar-refractivity contribution >= 4 is 5.91 Å². The van der Waals surface area contributed by atoms with Crippen molar-refractivity contribution in [2.24, 2.45) is 17.8 Å². The van der Waals surface area contributed by atoms with Crippen LogP contribution in [0.4, 0.5) is 0 Å². The first kappa shape index (κ1) is 17.0. The van der Waals surface area contributed by atoms with Crippen molar-refractivity contribution in [3.63, 3.8) is 0 Å². The van der Waals surface area contributed by atoms with Gasteiger partial charge in [0.2, 0.25) is 5.91 Å². The largest absolute Gasteiger partial charge is 0.381 e. The molecule has 0 bridgehead atoms. The lowest BCUT2D eigenvalue weighted by Crippen LogP contribution is -2.45. The van der Waals surface area contributed by atoms with E-state index in [0.29, 0.717) is 19.1 Å². The molecule has 1 N–H and O–H groups in total. The molecule has 3 fully saturated rings. The minimum atomic E-state index is 0.129. The van der Waals surface area contributed by atoms with Crippen LogP contribution in [0.2, 0.25) is 0 Å². The fourth-order valence-electron chi connectivity index (χ4n) is 4.27. The maximum absolute atomic E-state index is 12.6. The zero-order valence-electron chi connectivity index (χ0n) is 15.1. The number of nitrogens with zero attached hydrogens (tertiary/aromatic N) is 2. The van der Waals surface area contributed by atoms with E-state index in [1.165, 1.54) is 12.8 Å². The third kappa shape index (κ3) is 4.06. The van der Waals surface area contributed by atoms with Crippen molar-refractivity contribution in [1.82, 2.24) is 15.4 Å². The SMILES string of the molecule is CCc1cc(CN2C[C@H](NC(=O)C3CCOCC3)[C@@H](C3CC3)C2)on1. The summed E-state index contributed by atoms with van der Waals surface area (Å²) in [5, 5.41) is 7.46. The molecule has 0 radical (unpaired) electrons. The molecule has 4 rings (SSSR count). The van der Waals surface area contributed by atoms with Gasteiger partial charge in [0.1, 0.15) is 0 Å². The van der Waals surface area contributed by atoms with Crippen LogP contribution >= 0.6 is 0 Å². The van der Waals surface area contributed by atoms with Gasteiger partial charge in [-0.25, -0.2) is 0 Å². The minimum Gasteiger partial charge on any atom is -0.381 e. The molecule has 25 heavy (non-hydrogen) atoms. The predicted octanol–water partition coefficient (Wildman–Crippen LogP) is 1.99. The summed E-state index contributed by atoms with van der Waals surface area (Å²) in [4.78, 5) is 15.1. The van der Waals surface area contributed by atoms with E-state index in [-0.39, 0.29) is 17.9 Å². The molecule has 3 heterocycles. The first-order valence-electron chi connectivity index (χ1n) is 9.78. The van der Waals surface area contributed by atoms with Gasteiger partial charge in [0, 0.05) is 44.3 Å². The monoisotopic (exact) mass is 347 g/mol. The van der Waals surface area contributed by atoms with E-state index < -0.39 is 0 Å². The Morgan fingerprint density at radius 3 is 2.76 bits per heavy atom. The van der Waals surface area contributed by atoms with Gasteiger partial charge in [0.05, 0.1) is 12.2 Å². The summed E-state index contributed by atoms with van der Waals surface area (Å²) in [6.07, 6.45) is 5.23. The fourth-order valence-corrected chi connectivity index (χ4v) is 4.27. The summed E-state index contributed by atoms with van der Waals surface area (Å²) in [5.74, 6) is 2.66. The Morgan fingerprint density at radius 1 is 1.28 bits per heavy atom. The maximum atomic E-state index is 12.6. The molecular weight excluding hydrogens is 318 g/mol. The second kappa shape index (κ2) is 7.46. The van der Waals surface area contributed by atoms with Gasteiger partial charge in [-0.2, -0.15) is 0 Å². The van der Waals surface area contributed by atoms with Crippen molar-refractivity contribution in [2.45, 2.75) is 51.6 Å². The molecule has 2 atom stereocenters. The van der Waals surface area contributed by atoms with Gasteiger partial charge < -0.3 is 14.6 Å². The third-order valence-corrected chi connectivity index (χ3v) is 5.94. The Bertz CT molecular complexity index is 592. The topological polar surface area (TPSA) is 67.6 Å². The number of carbonyl (C=O) groups is 1. The summed E-state index contributed by atoms with van der Waals surface area (Å²) >= 11 is 0. The number of hydrogen-bond donors (Lipinski definition) is 1. The molecule has 138 valence electrons. The molecule has 0 spiro atoms. The Kier molecular flexibility index (Phi) is 5.08. The number of aryl methyl sites for hydroxylation is 1. The van der Waals surface area contributed by atoms with Crippen LogP contribution in [0.1, 0.15) is 44.1 Å². The molecule has 6 nitrogen and oxygen atoms in total. The Hall–Kier alpha value is -1.40. The molecule has 6 heteroatoms. The van der Waals surface area contributed by atoms with Gasteiger partial charge in [0.25, 0.3) is 0 Å². The number of nitrogens with one attached hydrogen (secondary N) is 1. The summed E-state index contributed by atoms with van der Waals surface area (Å²) in [6.45, 7) is 6.27. The van der Waals surface area contributed by atoms with Gasteiger partial charge in [-0.05, 0) is 43.9 Å². The maximum Gasteiger partial charge on any atom is 0.223 e. The van der Waals surface area contributed by atoms with Crippen molar-refractivity contribution in [3.8, 4) is 0 Å². The number of likely N-dealkylation sites (tertiary alicyclic amines) is 1. The lowest BCUT2D eigenvalue weighted by molar-refractivity contribution is -0.128. The average molecular weight is 347 g/mol. The highest BCUT2D eigenvalue weighted by Crippen LogP contribution is 2.41. The second-order valence-corrected chi connectivity index (χ2v) is 7.84. The molecule has 1 aromatic heterocycles. The molecular formula is C19H29N3O3. The molecule has 1 aliphatic carbocycles. The predicted molar refractivity (Wildman–Crippen MR) is 92.8 cm³/mol.